The molecule has 35 heavy (non-hydrogen) atoms. The monoisotopic (exact) mass is 524 g/mol. The molecule has 190 valence electrons. The number of pyridine rings is 1. The number of H-pyrrole nitrogens is 1. The van der Waals surface area contributed by atoms with E-state index in [9.17, 15) is 16.8 Å². The van der Waals surface area contributed by atoms with Crippen LogP contribution < -0.4 is 5.73 Å². The summed E-state index contributed by atoms with van der Waals surface area (Å²) < 4.78 is 53.7. The van der Waals surface area contributed by atoms with Crippen molar-refractivity contribution in [1.82, 2.24) is 24.7 Å². The number of nitrogens with one attached hydrogen (secondary N) is 1. The van der Waals surface area contributed by atoms with Gasteiger partial charge in [0.05, 0.1) is 18.2 Å². The van der Waals surface area contributed by atoms with Crippen LogP contribution in [-0.4, -0.2) is 63.2 Å². The zero-order valence-corrected chi connectivity index (χ0v) is 21.2. The second kappa shape index (κ2) is 11.4. The van der Waals surface area contributed by atoms with E-state index in [4.69, 9.17) is 19.8 Å². The molecule has 1 aromatic carbocycles. The smallest absolute Gasteiger partial charge is 0.261 e. The van der Waals surface area contributed by atoms with Crippen molar-refractivity contribution in [1.29, 1.82) is 0 Å². The van der Waals surface area contributed by atoms with Gasteiger partial charge in [0.1, 0.15) is 11.2 Å². The van der Waals surface area contributed by atoms with Gasteiger partial charge in [0.2, 0.25) is 5.95 Å². The summed E-state index contributed by atoms with van der Waals surface area (Å²) in [5.41, 5.74) is 11.5. The second-order valence-corrected chi connectivity index (χ2v) is 10.9. The lowest BCUT2D eigenvalue weighted by Crippen LogP contribution is -2.08. The zero-order chi connectivity index (χ0) is 26.4. The van der Waals surface area contributed by atoms with E-state index in [0.717, 1.165) is 40.2 Å². The number of rotatable bonds is 4. The maximum atomic E-state index is 9.19. The van der Waals surface area contributed by atoms with Crippen molar-refractivity contribution in [3.63, 3.8) is 0 Å². The number of hydrogen-bond donors (Lipinski definition) is 4. The van der Waals surface area contributed by atoms with Gasteiger partial charge in [-0.25, -0.2) is 9.97 Å². The average Bonchev–Trinajstić information content (AvgIpc) is 3.31. The number of hydrogen-bond acceptors (Lipinski definition) is 8. The van der Waals surface area contributed by atoms with Crippen LogP contribution in [0.4, 0.5) is 5.95 Å². The minimum Gasteiger partial charge on any atom is -0.369 e. The fourth-order valence-electron chi connectivity index (χ4n) is 3.02. The highest BCUT2D eigenvalue weighted by Crippen LogP contribution is 2.30. The van der Waals surface area contributed by atoms with Crippen molar-refractivity contribution < 1.29 is 25.9 Å². The van der Waals surface area contributed by atoms with Gasteiger partial charge in [-0.05, 0) is 18.1 Å². The summed E-state index contributed by atoms with van der Waals surface area (Å²) in [7, 11) is -7.33. The lowest BCUT2D eigenvalue weighted by atomic mass is 10.1. The van der Waals surface area contributed by atoms with Gasteiger partial charge in [-0.2, -0.15) is 21.9 Å². The summed E-state index contributed by atoms with van der Waals surface area (Å²) in [4.78, 5) is 9.26. The molecule has 0 spiro atoms. The van der Waals surface area contributed by atoms with E-state index in [1.165, 1.54) is 0 Å². The van der Waals surface area contributed by atoms with Crippen molar-refractivity contribution in [3.8, 4) is 22.5 Å². The summed E-state index contributed by atoms with van der Waals surface area (Å²) in [5.74, 6) is 0.961. The number of nitrogens with two attached hydrogens (primary N) is 1. The first-order valence-corrected chi connectivity index (χ1v) is 13.9. The molecule has 0 saturated carbocycles. The minimum atomic E-state index is -3.67. The Morgan fingerprint density at radius 1 is 0.971 bits per heavy atom. The molecule has 12 nitrogen and oxygen atoms in total. The predicted octanol–water partition coefficient (Wildman–Crippen LogP) is 2.73. The Kier molecular flexibility index (Phi) is 9.09. The predicted molar refractivity (Wildman–Crippen MR) is 135 cm³/mol. The molecule has 0 radical (unpaired) electrons. The van der Waals surface area contributed by atoms with Crippen LogP contribution in [-0.2, 0) is 26.8 Å². The SMILES string of the molecule is CC(C)Cn1c(N)nc2ccc(-c3c[nH]nc3-c3ccccc3)nc21.CS(=O)(=O)O.CS(=O)(=O)O. The van der Waals surface area contributed by atoms with Gasteiger partial charge in [0.15, 0.2) is 5.65 Å². The number of imidazole rings is 1. The Bertz CT molecular complexity index is 1430. The number of benzene rings is 1. The Labute approximate surface area is 203 Å². The maximum absolute atomic E-state index is 9.19. The maximum Gasteiger partial charge on any atom is 0.261 e. The van der Waals surface area contributed by atoms with Crippen LogP contribution in [0.2, 0.25) is 0 Å². The molecule has 0 aliphatic rings. The van der Waals surface area contributed by atoms with Gasteiger partial charge in [-0.15, -0.1) is 0 Å². The van der Waals surface area contributed by atoms with Crippen LogP contribution in [0.25, 0.3) is 33.7 Å². The Morgan fingerprint density at radius 2 is 1.54 bits per heavy atom. The number of aromatic nitrogens is 5. The summed E-state index contributed by atoms with van der Waals surface area (Å²) in [6, 6.07) is 14.0. The van der Waals surface area contributed by atoms with Crippen LogP contribution in [0.3, 0.4) is 0 Å². The Hall–Kier alpha value is -3.33. The van der Waals surface area contributed by atoms with Crippen LogP contribution in [0.5, 0.6) is 0 Å². The summed E-state index contributed by atoms with van der Waals surface area (Å²) in [6.45, 7) is 5.09. The second-order valence-electron chi connectivity index (χ2n) is 7.99. The number of anilines is 1. The molecule has 0 fully saturated rings. The van der Waals surface area contributed by atoms with Crippen LogP contribution >= 0.6 is 0 Å². The van der Waals surface area contributed by atoms with Crippen molar-refractivity contribution in [2.45, 2.75) is 20.4 Å². The third-order valence-corrected chi connectivity index (χ3v) is 4.13. The molecule has 3 aromatic heterocycles. The lowest BCUT2D eigenvalue weighted by Gasteiger charge is -2.09. The number of fused-ring (bicyclic) bond motifs is 1. The largest absolute Gasteiger partial charge is 0.369 e. The fourth-order valence-corrected chi connectivity index (χ4v) is 3.02. The quantitative estimate of drug-likeness (QED) is 0.288. The molecule has 4 rings (SSSR count). The van der Waals surface area contributed by atoms with E-state index in [1.54, 1.807) is 0 Å². The van der Waals surface area contributed by atoms with Crippen molar-refractivity contribution >= 4 is 37.3 Å². The normalized spacial score (nSPS) is 11.5. The molecule has 0 atom stereocenters. The molecule has 0 aliphatic heterocycles. The molecular formula is C21H28N6O6S2. The fraction of sp³-hybridized carbons (Fsp3) is 0.286. The molecule has 14 heteroatoms. The first-order chi connectivity index (χ1) is 16.1. The van der Waals surface area contributed by atoms with Gasteiger partial charge < -0.3 is 5.73 Å². The van der Waals surface area contributed by atoms with Gasteiger partial charge in [-0.1, -0.05) is 44.2 Å². The number of nitrogens with zero attached hydrogens (tertiary/aromatic N) is 4. The van der Waals surface area contributed by atoms with Gasteiger partial charge in [-0.3, -0.25) is 18.8 Å². The molecule has 0 bridgehead atoms. The molecule has 4 aromatic rings. The minimum absolute atomic E-state index is 0.457. The van der Waals surface area contributed by atoms with Gasteiger partial charge in [0.25, 0.3) is 20.2 Å². The van der Waals surface area contributed by atoms with Crippen molar-refractivity contribution in [2.24, 2.45) is 5.92 Å². The third kappa shape index (κ3) is 9.44. The molecule has 3 heterocycles. The van der Waals surface area contributed by atoms with E-state index in [-0.39, 0.29) is 0 Å². The molecule has 0 unspecified atom stereocenters. The molecule has 0 aliphatic carbocycles. The lowest BCUT2D eigenvalue weighted by molar-refractivity contribution is 0.488. The molecule has 0 saturated heterocycles. The van der Waals surface area contributed by atoms with Crippen LogP contribution in [0.1, 0.15) is 13.8 Å². The van der Waals surface area contributed by atoms with Crippen LogP contribution in [0.15, 0.2) is 48.7 Å². The number of nitrogen functional groups attached to an aromatic ring is 1. The Morgan fingerprint density at radius 3 is 2.09 bits per heavy atom. The highest BCUT2D eigenvalue weighted by Gasteiger charge is 2.15. The van der Waals surface area contributed by atoms with Crippen LogP contribution in [0, 0.1) is 5.92 Å². The third-order valence-electron chi connectivity index (χ3n) is 4.13. The van der Waals surface area contributed by atoms with E-state index >= 15 is 0 Å². The number of aromatic amines is 1. The van der Waals surface area contributed by atoms with Gasteiger partial charge >= 0.3 is 0 Å². The zero-order valence-electron chi connectivity index (χ0n) is 19.6. The summed E-state index contributed by atoms with van der Waals surface area (Å²) in [5, 5.41) is 7.37. The molecular weight excluding hydrogens is 496 g/mol. The van der Waals surface area contributed by atoms with E-state index in [2.05, 4.69) is 29.0 Å². The summed E-state index contributed by atoms with van der Waals surface area (Å²) in [6.07, 6.45) is 3.31. The van der Waals surface area contributed by atoms with E-state index in [1.807, 2.05) is 53.2 Å². The topological polar surface area (TPSA) is 194 Å². The first-order valence-electron chi connectivity index (χ1n) is 10.2. The van der Waals surface area contributed by atoms with E-state index in [0.29, 0.717) is 24.4 Å². The first kappa shape index (κ1) is 27.9. The van der Waals surface area contributed by atoms with E-state index < -0.39 is 20.2 Å². The average molecular weight is 525 g/mol. The highest BCUT2D eigenvalue weighted by atomic mass is 32.2. The molecule has 0 amide bonds. The molecule has 5 N–H and O–H groups in total. The standard InChI is InChI=1S/C19H20N6.2CH4O3S/c1-12(2)11-25-18-16(23-19(25)20)9-8-15(22-18)14-10-21-24-17(14)13-6-4-3-5-7-13;2*1-5(2,3)4/h3-10,12H,11H2,1-2H3,(H2,20,23)(H,21,24);2*1H3,(H,2,3,4). The highest BCUT2D eigenvalue weighted by molar-refractivity contribution is 7.85. The Balaban J connectivity index is 0.000000368. The summed E-state index contributed by atoms with van der Waals surface area (Å²) >= 11 is 0. The van der Waals surface area contributed by atoms with Gasteiger partial charge in [0, 0.05) is 23.9 Å². The van der Waals surface area contributed by atoms with Crippen molar-refractivity contribution in [3.05, 3.63) is 48.7 Å². The van der Waals surface area contributed by atoms with Crippen molar-refractivity contribution in [2.75, 3.05) is 18.2 Å².